The number of halogens is 2. The van der Waals surface area contributed by atoms with Crippen LogP contribution in [0.15, 0.2) is 0 Å². The molecule has 16 heavy (non-hydrogen) atoms. The molecule has 0 bridgehead atoms. The van der Waals surface area contributed by atoms with E-state index in [0.29, 0.717) is 19.7 Å². The second-order valence-corrected chi connectivity index (χ2v) is 5.80. The molecule has 3 unspecified atom stereocenters. The molecule has 3 nitrogen and oxygen atoms in total. The van der Waals surface area contributed by atoms with Crippen LogP contribution in [0.5, 0.6) is 0 Å². The number of carbonyl (C=O) groups is 1. The van der Waals surface area contributed by atoms with Gasteiger partial charge in [-0.2, -0.15) is 0 Å². The number of alkyl halides is 2. The van der Waals surface area contributed by atoms with Gasteiger partial charge in [0.15, 0.2) is 0 Å². The van der Waals surface area contributed by atoms with Crippen LogP contribution in [0.3, 0.4) is 0 Å². The van der Waals surface area contributed by atoms with Gasteiger partial charge in [0.25, 0.3) is 5.91 Å². The number of ether oxygens (including phenoxy) is 1. The summed E-state index contributed by atoms with van der Waals surface area (Å²) in [5.74, 6) is 0.0255. The Morgan fingerprint density at radius 3 is 2.31 bits per heavy atom. The fourth-order valence-electron chi connectivity index (χ4n) is 1.84. The van der Waals surface area contributed by atoms with E-state index >= 15 is 0 Å². The van der Waals surface area contributed by atoms with Gasteiger partial charge in [0.2, 0.25) is 0 Å². The SMILES string of the molecule is CC(Cl)CN(CC(C)Cl)C(=O)C1CCCO1. The highest BCUT2D eigenvalue weighted by molar-refractivity contribution is 6.21. The first kappa shape index (κ1) is 14.1. The van der Waals surface area contributed by atoms with Gasteiger partial charge in [-0.15, -0.1) is 23.2 Å². The molecule has 0 aromatic carbocycles. The van der Waals surface area contributed by atoms with Gasteiger partial charge in [-0.25, -0.2) is 0 Å². The van der Waals surface area contributed by atoms with Crippen LogP contribution in [0.4, 0.5) is 0 Å². The van der Waals surface area contributed by atoms with Gasteiger partial charge in [-0.1, -0.05) is 0 Å². The second kappa shape index (κ2) is 6.67. The maximum Gasteiger partial charge on any atom is 0.251 e. The lowest BCUT2D eigenvalue weighted by atomic mass is 10.2. The molecule has 1 aliphatic heterocycles. The maximum atomic E-state index is 12.1. The van der Waals surface area contributed by atoms with Crippen molar-refractivity contribution in [3.63, 3.8) is 0 Å². The van der Waals surface area contributed by atoms with E-state index in [1.807, 2.05) is 13.8 Å². The zero-order chi connectivity index (χ0) is 12.1. The average molecular weight is 268 g/mol. The average Bonchev–Trinajstić information content (AvgIpc) is 2.66. The van der Waals surface area contributed by atoms with E-state index in [4.69, 9.17) is 27.9 Å². The lowest BCUT2D eigenvalue weighted by Gasteiger charge is -2.27. The van der Waals surface area contributed by atoms with Crippen molar-refractivity contribution in [2.75, 3.05) is 19.7 Å². The predicted molar refractivity (Wildman–Crippen MR) is 66.2 cm³/mol. The van der Waals surface area contributed by atoms with Gasteiger partial charge in [-0.05, 0) is 26.7 Å². The van der Waals surface area contributed by atoms with E-state index in [0.717, 1.165) is 12.8 Å². The molecule has 0 N–H and O–H groups in total. The Balaban J connectivity index is 2.55. The summed E-state index contributed by atoms with van der Waals surface area (Å²) in [4.78, 5) is 13.8. The molecular formula is C11H19Cl2NO2. The third kappa shape index (κ3) is 4.48. The Morgan fingerprint density at radius 2 is 1.94 bits per heavy atom. The molecule has 5 heteroatoms. The van der Waals surface area contributed by atoms with Crippen molar-refractivity contribution in [2.24, 2.45) is 0 Å². The third-order valence-electron chi connectivity index (χ3n) is 2.46. The Morgan fingerprint density at radius 1 is 1.38 bits per heavy atom. The van der Waals surface area contributed by atoms with Gasteiger partial charge in [0.1, 0.15) is 6.10 Å². The molecule has 1 aliphatic rings. The summed E-state index contributed by atoms with van der Waals surface area (Å²) < 4.78 is 5.38. The monoisotopic (exact) mass is 267 g/mol. The van der Waals surface area contributed by atoms with Crippen molar-refractivity contribution >= 4 is 29.1 Å². The molecular weight excluding hydrogens is 249 g/mol. The quantitative estimate of drug-likeness (QED) is 0.716. The lowest BCUT2D eigenvalue weighted by molar-refractivity contribution is -0.140. The lowest BCUT2D eigenvalue weighted by Crippen LogP contribution is -2.44. The van der Waals surface area contributed by atoms with E-state index in [1.54, 1.807) is 4.90 Å². The summed E-state index contributed by atoms with van der Waals surface area (Å²) in [6.45, 7) is 5.47. The van der Waals surface area contributed by atoms with E-state index in [-0.39, 0.29) is 22.8 Å². The molecule has 1 saturated heterocycles. The molecule has 0 aliphatic carbocycles. The van der Waals surface area contributed by atoms with E-state index < -0.39 is 0 Å². The standard InChI is InChI=1S/C11H19Cl2NO2/c1-8(12)6-14(7-9(2)13)11(15)10-4-3-5-16-10/h8-10H,3-7H2,1-2H3. The Labute approximate surface area is 107 Å². The summed E-state index contributed by atoms with van der Waals surface area (Å²) in [6.07, 6.45) is 1.48. The topological polar surface area (TPSA) is 29.5 Å². The molecule has 3 atom stereocenters. The van der Waals surface area contributed by atoms with Gasteiger partial charge in [0.05, 0.1) is 0 Å². The minimum absolute atomic E-state index is 0.0255. The zero-order valence-electron chi connectivity index (χ0n) is 9.79. The van der Waals surface area contributed by atoms with Crippen LogP contribution >= 0.6 is 23.2 Å². The molecule has 0 radical (unpaired) electrons. The van der Waals surface area contributed by atoms with E-state index in [2.05, 4.69) is 0 Å². The molecule has 1 rings (SSSR count). The van der Waals surface area contributed by atoms with Crippen LogP contribution in [0.2, 0.25) is 0 Å². The maximum absolute atomic E-state index is 12.1. The molecule has 0 saturated carbocycles. The highest BCUT2D eigenvalue weighted by atomic mass is 35.5. The van der Waals surface area contributed by atoms with Gasteiger partial charge < -0.3 is 9.64 Å². The Hall–Kier alpha value is 0.01000. The van der Waals surface area contributed by atoms with Crippen LogP contribution in [-0.2, 0) is 9.53 Å². The summed E-state index contributed by atoms with van der Waals surface area (Å²) in [6, 6.07) is 0. The molecule has 1 fully saturated rings. The summed E-state index contributed by atoms with van der Waals surface area (Å²) in [5, 5.41) is -0.137. The van der Waals surface area contributed by atoms with Crippen molar-refractivity contribution in [1.29, 1.82) is 0 Å². The van der Waals surface area contributed by atoms with Crippen LogP contribution < -0.4 is 0 Å². The van der Waals surface area contributed by atoms with Crippen LogP contribution in [0.25, 0.3) is 0 Å². The fourth-order valence-corrected chi connectivity index (χ4v) is 2.17. The number of nitrogens with zero attached hydrogens (tertiary/aromatic N) is 1. The zero-order valence-corrected chi connectivity index (χ0v) is 11.3. The van der Waals surface area contributed by atoms with Crippen molar-refractivity contribution in [2.45, 2.75) is 43.5 Å². The minimum atomic E-state index is -0.286. The predicted octanol–water partition coefficient (Wildman–Crippen LogP) is 2.25. The normalized spacial score (nSPS) is 24.1. The summed E-state index contributed by atoms with van der Waals surface area (Å²) in [5.41, 5.74) is 0. The van der Waals surface area contributed by atoms with Gasteiger partial charge in [-0.3, -0.25) is 4.79 Å². The van der Waals surface area contributed by atoms with Crippen molar-refractivity contribution < 1.29 is 9.53 Å². The number of rotatable bonds is 5. The minimum Gasteiger partial charge on any atom is -0.368 e. The van der Waals surface area contributed by atoms with Gasteiger partial charge in [0, 0.05) is 30.5 Å². The molecule has 0 spiro atoms. The fraction of sp³-hybridized carbons (Fsp3) is 0.909. The Kier molecular flexibility index (Phi) is 5.87. The summed E-state index contributed by atoms with van der Waals surface area (Å²) >= 11 is 11.9. The molecule has 0 aromatic rings. The molecule has 1 heterocycles. The second-order valence-electron chi connectivity index (χ2n) is 4.31. The van der Waals surface area contributed by atoms with Gasteiger partial charge >= 0.3 is 0 Å². The van der Waals surface area contributed by atoms with Crippen LogP contribution in [-0.4, -0.2) is 47.4 Å². The highest BCUT2D eigenvalue weighted by Crippen LogP contribution is 2.16. The first-order valence-electron chi connectivity index (χ1n) is 5.69. The molecule has 0 aromatic heterocycles. The molecule has 1 amide bonds. The first-order valence-corrected chi connectivity index (χ1v) is 6.56. The van der Waals surface area contributed by atoms with Crippen molar-refractivity contribution in [3.05, 3.63) is 0 Å². The Bertz CT molecular complexity index is 218. The smallest absolute Gasteiger partial charge is 0.251 e. The largest absolute Gasteiger partial charge is 0.368 e. The first-order chi connectivity index (χ1) is 7.50. The van der Waals surface area contributed by atoms with Crippen LogP contribution in [0, 0.1) is 0 Å². The highest BCUT2D eigenvalue weighted by Gasteiger charge is 2.29. The number of hydrogen-bond donors (Lipinski definition) is 0. The number of amides is 1. The van der Waals surface area contributed by atoms with E-state index in [9.17, 15) is 4.79 Å². The molecule has 94 valence electrons. The van der Waals surface area contributed by atoms with Crippen molar-refractivity contribution in [1.82, 2.24) is 4.90 Å². The third-order valence-corrected chi connectivity index (χ3v) is 2.74. The van der Waals surface area contributed by atoms with Crippen LogP contribution in [0.1, 0.15) is 26.7 Å². The number of carbonyl (C=O) groups excluding carboxylic acids is 1. The van der Waals surface area contributed by atoms with Crippen molar-refractivity contribution in [3.8, 4) is 0 Å². The van der Waals surface area contributed by atoms with E-state index in [1.165, 1.54) is 0 Å². The summed E-state index contributed by atoms with van der Waals surface area (Å²) in [7, 11) is 0. The number of hydrogen-bond acceptors (Lipinski definition) is 2.